The second kappa shape index (κ2) is 6.84. The van der Waals surface area contributed by atoms with E-state index in [1.807, 2.05) is 24.3 Å². The van der Waals surface area contributed by atoms with Crippen LogP contribution in [0.5, 0.6) is 5.75 Å². The third kappa shape index (κ3) is 3.13. The van der Waals surface area contributed by atoms with Gasteiger partial charge < -0.3 is 10.5 Å². The third-order valence-corrected chi connectivity index (χ3v) is 4.51. The van der Waals surface area contributed by atoms with Crippen LogP contribution < -0.4 is 15.9 Å². The van der Waals surface area contributed by atoms with E-state index in [2.05, 4.69) is 15.5 Å². The van der Waals surface area contributed by atoms with Crippen LogP contribution in [0.4, 0.5) is 5.69 Å². The Bertz CT molecular complexity index is 855. The van der Waals surface area contributed by atoms with E-state index in [1.54, 1.807) is 0 Å². The molecule has 3 rings (SSSR count). The summed E-state index contributed by atoms with van der Waals surface area (Å²) in [6.45, 7) is 0.477. The minimum atomic E-state index is -0.637. The number of halogens is 3. The summed E-state index contributed by atoms with van der Waals surface area (Å²) in [6, 6.07) is 7.43. The molecule has 0 aliphatic carbocycles. The molecule has 0 atom stereocenters. The summed E-state index contributed by atoms with van der Waals surface area (Å²) in [5.74, 6) is 0.0772. The van der Waals surface area contributed by atoms with E-state index in [0.29, 0.717) is 24.5 Å². The van der Waals surface area contributed by atoms with Gasteiger partial charge in [-0.3, -0.25) is 4.79 Å². The molecule has 0 radical (unpaired) electrons. The first-order valence-corrected chi connectivity index (χ1v) is 8.01. The molecule has 1 amide bonds. The van der Waals surface area contributed by atoms with Crippen LogP contribution in [0.25, 0.3) is 0 Å². The Labute approximate surface area is 152 Å². The number of benzene rings is 1. The van der Waals surface area contributed by atoms with Gasteiger partial charge in [0.05, 0.1) is 23.0 Å². The van der Waals surface area contributed by atoms with E-state index in [9.17, 15) is 4.79 Å². The second-order valence-electron chi connectivity index (χ2n) is 4.89. The summed E-state index contributed by atoms with van der Waals surface area (Å²) in [6.07, 6.45) is 0.558. The summed E-state index contributed by atoms with van der Waals surface area (Å²) >= 11 is 17.7. The third-order valence-electron chi connectivity index (χ3n) is 3.37. The van der Waals surface area contributed by atoms with Gasteiger partial charge in [-0.25, -0.2) is 10.4 Å². The van der Waals surface area contributed by atoms with Crippen LogP contribution >= 0.6 is 34.8 Å². The van der Waals surface area contributed by atoms with Crippen LogP contribution in [0.1, 0.15) is 22.5 Å². The largest absolute Gasteiger partial charge is 0.492 e. The quantitative estimate of drug-likeness (QED) is 0.611. The van der Waals surface area contributed by atoms with E-state index in [-0.39, 0.29) is 26.6 Å². The second-order valence-corrected chi connectivity index (χ2v) is 6.00. The minimum Gasteiger partial charge on any atom is -0.492 e. The Morgan fingerprint density at radius 2 is 2.00 bits per heavy atom. The van der Waals surface area contributed by atoms with E-state index < -0.39 is 5.91 Å². The first-order valence-electron chi connectivity index (χ1n) is 6.88. The molecule has 2 heterocycles. The van der Waals surface area contributed by atoms with Crippen molar-refractivity contribution in [1.82, 2.24) is 10.4 Å². The van der Waals surface area contributed by atoms with Gasteiger partial charge in [0.1, 0.15) is 10.8 Å². The average molecular weight is 386 g/mol. The number of hydrogen-bond acceptors (Lipinski definition) is 5. The molecular weight excluding hydrogens is 375 g/mol. The van der Waals surface area contributed by atoms with Crippen molar-refractivity contribution in [3.05, 3.63) is 50.7 Å². The van der Waals surface area contributed by atoms with Gasteiger partial charge in [-0.15, -0.1) is 0 Å². The van der Waals surface area contributed by atoms with Crippen molar-refractivity contribution >= 4 is 52.1 Å². The number of pyridine rings is 1. The molecule has 1 aromatic heterocycles. The van der Waals surface area contributed by atoms with Crippen molar-refractivity contribution < 1.29 is 9.53 Å². The van der Waals surface area contributed by atoms with E-state index in [4.69, 9.17) is 45.3 Å². The minimum absolute atomic E-state index is 0.00267. The van der Waals surface area contributed by atoms with Gasteiger partial charge >= 0.3 is 0 Å². The van der Waals surface area contributed by atoms with Crippen LogP contribution in [-0.4, -0.2) is 23.2 Å². The fourth-order valence-corrected chi connectivity index (χ4v) is 2.79. The predicted octanol–water partition coefficient (Wildman–Crippen LogP) is 3.54. The maximum atomic E-state index is 12.3. The molecule has 0 spiro atoms. The maximum absolute atomic E-state index is 12.3. The smallest absolute Gasteiger partial charge is 0.291 e. The molecule has 0 bridgehead atoms. The molecule has 9 heteroatoms. The van der Waals surface area contributed by atoms with Crippen LogP contribution in [0, 0.1) is 0 Å². The van der Waals surface area contributed by atoms with Gasteiger partial charge in [-0.2, -0.15) is 5.10 Å². The van der Waals surface area contributed by atoms with Crippen LogP contribution in [0.15, 0.2) is 29.4 Å². The van der Waals surface area contributed by atoms with Gasteiger partial charge in [0.25, 0.3) is 5.91 Å². The number of carbonyl (C=O) groups is 1. The molecule has 6 nitrogen and oxygen atoms in total. The average Bonchev–Trinajstić information content (AvgIpc) is 2.60. The molecule has 2 aromatic rings. The standard InChI is InChI=1S/C15H11Cl3N4O2/c16-10-12(19)11(17)14(18)20-13(10)15(23)22-21-8-5-6-24-9-4-2-1-3-7(8)9/h1-4H,5-6H2,(H2,19,20)(H,22,23)/b21-8+. The van der Waals surface area contributed by atoms with Gasteiger partial charge in [0.15, 0.2) is 10.8 Å². The van der Waals surface area contributed by atoms with Crippen LogP contribution in [0.3, 0.4) is 0 Å². The number of nitrogens with two attached hydrogens (primary N) is 1. The molecule has 1 aliphatic heterocycles. The monoisotopic (exact) mass is 384 g/mol. The summed E-state index contributed by atoms with van der Waals surface area (Å²) in [7, 11) is 0. The number of amides is 1. The topological polar surface area (TPSA) is 89.6 Å². The zero-order chi connectivity index (χ0) is 17.3. The highest BCUT2D eigenvalue weighted by Gasteiger charge is 2.21. The van der Waals surface area contributed by atoms with Crippen molar-refractivity contribution in [1.29, 1.82) is 0 Å². The number of hydrogen-bond donors (Lipinski definition) is 2. The van der Waals surface area contributed by atoms with Gasteiger partial charge in [0, 0.05) is 12.0 Å². The molecule has 0 saturated carbocycles. The number of anilines is 1. The number of nitrogens with one attached hydrogen (secondary N) is 1. The lowest BCUT2D eigenvalue weighted by molar-refractivity contribution is 0.0950. The maximum Gasteiger partial charge on any atom is 0.291 e. The highest BCUT2D eigenvalue weighted by atomic mass is 35.5. The number of carbonyl (C=O) groups excluding carboxylic acids is 1. The Morgan fingerprint density at radius 1 is 1.25 bits per heavy atom. The number of ether oxygens (including phenoxy) is 1. The molecular formula is C15H11Cl3N4O2. The first kappa shape index (κ1) is 16.8. The highest BCUT2D eigenvalue weighted by molar-refractivity contribution is 6.46. The summed E-state index contributed by atoms with van der Waals surface area (Å²) in [4.78, 5) is 16.1. The molecule has 124 valence electrons. The lowest BCUT2D eigenvalue weighted by atomic mass is 10.0. The SMILES string of the molecule is Nc1c(Cl)c(Cl)nc(C(=O)N/N=C2\CCOc3ccccc32)c1Cl. The van der Waals surface area contributed by atoms with Gasteiger partial charge in [-0.05, 0) is 12.1 Å². The van der Waals surface area contributed by atoms with E-state index in [0.717, 1.165) is 5.56 Å². The Morgan fingerprint density at radius 3 is 2.79 bits per heavy atom. The number of hydrazone groups is 1. The number of aromatic nitrogens is 1. The van der Waals surface area contributed by atoms with Crippen molar-refractivity contribution in [2.75, 3.05) is 12.3 Å². The zero-order valence-electron chi connectivity index (χ0n) is 12.1. The summed E-state index contributed by atoms with van der Waals surface area (Å²) < 4.78 is 5.53. The van der Waals surface area contributed by atoms with E-state index >= 15 is 0 Å². The zero-order valence-corrected chi connectivity index (χ0v) is 14.4. The van der Waals surface area contributed by atoms with E-state index in [1.165, 1.54) is 0 Å². The Kier molecular flexibility index (Phi) is 4.80. The first-order chi connectivity index (χ1) is 11.5. The Balaban J connectivity index is 1.87. The molecule has 1 aliphatic rings. The number of nitrogens with zero attached hydrogens (tertiary/aromatic N) is 2. The molecule has 0 fully saturated rings. The van der Waals surface area contributed by atoms with Crippen LogP contribution in [-0.2, 0) is 0 Å². The molecule has 3 N–H and O–H groups in total. The number of fused-ring (bicyclic) bond motifs is 1. The molecule has 0 unspecified atom stereocenters. The fraction of sp³-hybridized carbons (Fsp3) is 0.133. The normalized spacial score (nSPS) is 14.9. The molecule has 0 saturated heterocycles. The van der Waals surface area contributed by atoms with Gasteiger partial charge in [0.2, 0.25) is 0 Å². The van der Waals surface area contributed by atoms with Gasteiger partial charge in [-0.1, -0.05) is 46.9 Å². The number of rotatable bonds is 2. The van der Waals surface area contributed by atoms with Crippen molar-refractivity contribution in [3.63, 3.8) is 0 Å². The van der Waals surface area contributed by atoms with Crippen molar-refractivity contribution in [3.8, 4) is 5.75 Å². The number of para-hydroxylation sites is 1. The molecule has 1 aromatic carbocycles. The van der Waals surface area contributed by atoms with Crippen LogP contribution in [0.2, 0.25) is 15.2 Å². The fourth-order valence-electron chi connectivity index (χ4n) is 2.19. The lowest BCUT2D eigenvalue weighted by Gasteiger charge is -2.18. The lowest BCUT2D eigenvalue weighted by Crippen LogP contribution is -2.24. The Hall–Kier alpha value is -2.02. The highest BCUT2D eigenvalue weighted by Crippen LogP contribution is 2.34. The number of nitrogen functional groups attached to an aromatic ring is 1. The summed E-state index contributed by atoms with van der Waals surface area (Å²) in [5.41, 5.74) is 9.47. The van der Waals surface area contributed by atoms with Crippen molar-refractivity contribution in [2.45, 2.75) is 6.42 Å². The summed E-state index contributed by atoms with van der Waals surface area (Å²) in [5, 5.41) is 3.97. The predicted molar refractivity (Wildman–Crippen MR) is 94.2 cm³/mol. The van der Waals surface area contributed by atoms with Crippen molar-refractivity contribution in [2.24, 2.45) is 5.10 Å². The molecule has 24 heavy (non-hydrogen) atoms.